The maximum Gasteiger partial charge on any atom is 0.412 e. The normalized spacial score (nSPS) is 9.80. The summed E-state index contributed by atoms with van der Waals surface area (Å²) < 4.78 is 24.0. The molecule has 1 aromatic heterocycles. The minimum Gasteiger partial charge on any atom is -0.444 e. The van der Waals surface area contributed by atoms with Crippen LogP contribution in [-0.4, -0.2) is 50.2 Å². The average Bonchev–Trinajstić information content (AvgIpc) is 1.63. The maximum absolute atomic E-state index is 12.6. The molecule has 0 bridgehead atoms. The van der Waals surface area contributed by atoms with Gasteiger partial charge in [0.1, 0.15) is 22.0 Å². The van der Waals surface area contributed by atoms with E-state index in [4.69, 9.17) is 43.9 Å². The van der Waals surface area contributed by atoms with E-state index in [0.717, 1.165) is 73.5 Å². The lowest BCUT2D eigenvalue weighted by atomic mass is 10.1. The van der Waals surface area contributed by atoms with Crippen molar-refractivity contribution in [1.82, 2.24) is 9.55 Å². The summed E-state index contributed by atoms with van der Waals surface area (Å²) in [5.41, 5.74) is 45.2. The fraction of sp³-hybridized carbons (Fsp3) is 0.169. The summed E-state index contributed by atoms with van der Waals surface area (Å²) in [6.07, 6.45) is -0.497. The zero-order chi connectivity index (χ0) is 77.8. The van der Waals surface area contributed by atoms with Crippen LogP contribution in [0, 0.1) is 107 Å². The summed E-state index contributed by atoms with van der Waals surface area (Å²) in [6.45, 7) is 22.4. The minimum absolute atomic E-state index is 0.0532. The van der Waals surface area contributed by atoms with E-state index in [2.05, 4.69) is 78.6 Å². The Morgan fingerprint density at radius 3 is 1.30 bits per heavy atom. The molecule has 11 aromatic rings. The van der Waals surface area contributed by atoms with Gasteiger partial charge in [0.15, 0.2) is 0 Å². The number of hydrogen-bond acceptors (Lipinski definition) is 20. The number of carbonyl (C=O) groups excluding carboxylic acids is 1. The number of nitriles is 2. The first-order valence-corrected chi connectivity index (χ1v) is 32.2. The van der Waals surface area contributed by atoms with E-state index in [0.29, 0.717) is 45.6 Å². The van der Waals surface area contributed by atoms with Gasteiger partial charge in [-0.05, 0) is 230 Å². The zero-order valence-electron chi connectivity index (χ0n) is 59.7. The van der Waals surface area contributed by atoms with Crippen LogP contribution < -0.4 is 49.9 Å². The molecule has 1 amide bonds. The molecule has 1 heterocycles. The van der Waals surface area contributed by atoms with Crippen LogP contribution in [0.15, 0.2) is 212 Å². The standard InChI is InChI=1S/C19H22N4O2.C14H14N2O2.C14H16N2.C13H13N3O2.C7H6FNO2.C6H8N2.C2H6O.CBrN.CHN/c1-12-8-9-16-15(10-12)22-17(20)23(16)14-7-5-6-13(11-14)21-18(24)25-19(2,3)4;1-10-4-3-5-12(8-10)15-13-7-6-11(2)9-14(13)16(17)18;1-10-4-3-5-12(8-10)16-14-7-6-11(2)9-13(14)15;1-9-5-6-12(13(7-9)16(17)18)15-11-4-2-3-10(14)8-11;1-5-2-3-6(8)7(4-5)9(10)11;7-5-2-1-3-6(8)4-5;1-3-2;2-1-3;1-2/h5-11H,1-4H3,(H2,20,22)(H,21,24);3-9,15H,1-2H3;3-9,16H,15H2,1-2H3;2-8,15H,14H2,1H3;2-4H,1H3;1-4H,7-8H2;1-2H3;;1H. The minimum atomic E-state index is -0.791. The van der Waals surface area contributed by atoms with Crippen molar-refractivity contribution < 1.29 is 33.4 Å². The largest absolute Gasteiger partial charge is 0.444 e. The van der Waals surface area contributed by atoms with Crippen LogP contribution in [-0.2, 0) is 9.47 Å². The summed E-state index contributed by atoms with van der Waals surface area (Å²) in [5, 5.41) is 58.0. The lowest BCUT2D eigenvalue weighted by molar-refractivity contribution is -0.387. The quantitative estimate of drug-likeness (QED) is 0.0330. The number of nitrogens with one attached hydrogen (secondary N) is 4. The fourth-order valence-electron chi connectivity index (χ4n) is 9.07. The Hall–Kier alpha value is -13.1. The predicted octanol–water partition coefficient (Wildman–Crippen LogP) is 19.2. The van der Waals surface area contributed by atoms with Crippen LogP contribution in [0.4, 0.5) is 94.8 Å². The van der Waals surface area contributed by atoms with E-state index < -0.39 is 33.0 Å². The Labute approximate surface area is 612 Å². The van der Waals surface area contributed by atoms with Crippen LogP contribution in [0.3, 0.4) is 0 Å². The number of nitrogens with zero attached hydrogens (tertiary/aromatic N) is 7. The third-order valence-corrected chi connectivity index (χ3v) is 13.5. The van der Waals surface area contributed by atoms with Crippen LogP contribution in [0.5, 0.6) is 0 Å². The molecular formula is C77H86BrFN16O9. The van der Waals surface area contributed by atoms with Crippen molar-refractivity contribution in [2.24, 2.45) is 0 Å². The predicted molar refractivity (Wildman–Crippen MR) is 422 cm³/mol. The van der Waals surface area contributed by atoms with Gasteiger partial charge in [-0.15, -0.1) is 0 Å². The summed E-state index contributed by atoms with van der Waals surface area (Å²) >= 11 is 2.45. The van der Waals surface area contributed by atoms with E-state index in [1.807, 2.05) is 163 Å². The summed E-state index contributed by atoms with van der Waals surface area (Å²) in [6, 6.07) is 63.6. The maximum atomic E-state index is 12.6. The molecule has 0 fully saturated rings. The molecule has 0 aliphatic rings. The van der Waals surface area contributed by atoms with E-state index in [1.54, 1.807) is 92.9 Å². The van der Waals surface area contributed by atoms with Crippen molar-refractivity contribution in [2.75, 3.05) is 64.2 Å². The lowest BCUT2D eigenvalue weighted by Crippen LogP contribution is -2.27. The number of rotatable bonds is 11. The Morgan fingerprint density at radius 2 is 0.875 bits per heavy atom. The molecule has 0 spiro atoms. The molecule has 10 aromatic carbocycles. The van der Waals surface area contributed by atoms with Gasteiger partial charge in [0.25, 0.3) is 11.4 Å². The van der Waals surface area contributed by atoms with Crippen LogP contribution in [0.2, 0.25) is 0 Å². The molecule has 0 unspecified atom stereocenters. The average molecular weight is 1480 g/mol. The van der Waals surface area contributed by atoms with Crippen molar-refractivity contribution in [1.29, 1.82) is 10.5 Å². The summed E-state index contributed by atoms with van der Waals surface area (Å²) in [5.74, 6) is -0.393. The third-order valence-electron chi connectivity index (χ3n) is 13.5. The molecule has 0 saturated carbocycles. The van der Waals surface area contributed by atoms with Gasteiger partial charge < -0.3 is 54.1 Å². The first-order chi connectivity index (χ1) is 49.2. The number of imidazole rings is 1. The summed E-state index contributed by atoms with van der Waals surface area (Å²) in [7, 11) is 3.25. The highest BCUT2D eigenvalue weighted by atomic mass is 79.9. The smallest absolute Gasteiger partial charge is 0.412 e. The Morgan fingerprint density at radius 1 is 0.510 bits per heavy atom. The molecular weight excluding hydrogens is 1390 g/mol. The number of halogens is 2. The van der Waals surface area contributed by atoms with E-state index >= 15 is 0 Å². The second kappa shape index (κ2) is 42.8. The molecule has 14 N–H and O–H groups in total. The number of amides is 1. The number of nitro groups is 3. The van der Waals surface area contributed by atoms with Gasteiger partial charge in [-0.25, -0.2) is 15.0 Å². The van der Waals surface area contributed by atoms with Crippen molar-refractivity contribution in [2.45, 2.75) is 74.8 Å². The van der Waals surface area contributed by atoms with E-state index in [1.165, 1.54) is 29.3 Å². The molecule has 0 saturated heterocycles. The van der Waals surface area contributed by atoms with Crippen molar-refractivity contribution in [3.05, 3.63) is 287 Å². The van der Waals surface area contributed by atoms with Gasteiger partial charge in [-0.3, -0.25) is 40.2 Å². The Balaban J connectivity index is 0.000000325. The highest BCUT2D eigenvalue weighted by molar-refractivity contribution is 9.12. The first-order valence-electron chi connectivity index (χ1n) is 31.4. The first kappa shape index (κ1) is 85.1. The van der Waals surface area contributed by atoms with E-state index in [-0.39, 0.29) is 16.3 Å². The number of nitrogens with two attached hydrogens (primary N) is 5. The molecule has 0 radical (unpaired) electrons. The van der Waals surface area contributed by atoms with Gasteiger partial charge in [0.2, 0.25) is 11.8 Å². The monoisotopic (exact) mass is 1480 g/mol. The number of ether oxygens (including phenoxy) is 2. The van der Waals surface area contributed by atoms with Crippen molar-refractivity contribution >= 4 is 119 Å². The number of nitro benzene ring substituents is 3. The number of anilines is 12. The SMILES string of the molecule is C#N.COC.Cc1ccc(F)c([N+](=O)[O-])c1.Cc1ccc(Nc2cccc(N)c2)c([N+](=O)[O-])c1.Cc1ccc2c(c1)nc(N)n2-c1cccc(NC(=O)OC(C)(C)C)c1.Cc1cccc(Nc2ccc(C)cc2N)c1.Cc1cccc(Nc2ccc(C)cc2[N+](=O)[O-])c1.N#CBr.Nc1cccc(N)c1. The van der Waals surface area contributed by atoms with E-state index in [9.17, 15) is 39.5 Å². The highest BCUT2D eigenvalue weighted by Gasteiger charge is 2.19. The van der Waals surface area contributed by atoms with Crippen LogP contribution in [0.1, 0.15) is 59.7 Å². The second-order valence-corrected chi connectivity index (χ2v) is 24.1. The number of aromatic nitrogens is 2. The molecule has 11 rings (SSSR count). The number of fused-ring (bicyclic) bond motifs is 1. The Kier molecular flexibility index (Phi) is 35.0. The zero-order valence-corrected chi connectivity index (χ0v) is 61.3. The molecule has 104 heavy (non-hydrogen) atoms. The van der Waals surface area contributed by atoms with Gasteiger partial charge in [-0.1, -0.05) is 72.8 Å². The third kappa shape index (κ3) is 30.2. The van der Waals surface area contributed by atoms with Crippen molar-refractivity contribution in [3.8, 4) is 17.2 Å². The molecule has 0 aliphatic heterocycles. The molecule has 542 valence electrons. The van der Waals surface area contributed by atoms with Gasteiger partial charge >= 0.3 is 11.8 Å². The molecule has 27 heteroatoms. The number of benzene rings is 10. The Bertz CT molecular complexity index is 4610. The van der Waals surface area contributed by atoms with Crippen LogP contribution >= 0.6 is 15.9 Å². The highest BCUT2D eigenvalue weighted by Crippen LogP contribution is 2.32. The van der Waals surface area contributed by atoms with Crippen molar-refractivity contribution in [3.63, 3.8) is 0 Å². The number of carbonyl (C=O) groups is 1. The molecule has 0 aliphatic carbocycles. The topological polar surface area (TPSA) is 409 Å². The lowest BCUT2D eigenvalue weighted by Gasteiger charge is -2.19. The number of hydrogen-bond donors (Lipinski definition) is 9. The number of aryl methyl sites for hydroxylation is 7. The molecule has 25 nitrogen and oxygen atoms in total. The fourth-order valence-corrected chi connectivity index (χ4v) is 9.07. The summed E-state index contributed by atoms with van der Waals surface area (Å²) in [4.78, 5) is 48.5. The van der Waals surface area contributed by atoms with Gasteiger partial charge in [0.05, 0.1) is 42.9 Å². The second-order valence-electron chi connectivity index (χ2n) is 23.7. The van der Waals surface area contributed by atoms with Gasteiger partial charge in [-0.2, -0.15) is 9.65 Å². The number of nitrogen functional groups attached to an aromatic ring is 5. The number of methoxy groups -OCH3 is 1. The molecule has 0 atom stereocenters. The van der Waals surface area contributed by atoms with Gasteiger partial charge in [0, 0.05) is 94.7 Å². The van der Waals surface area contributed by atoms with Crippen LogP contribution in [0.25, 0.3) is 16.7 Å².